The maximum Gasteiger partial charge on any atom is 0.253 e. The van der Waals surface area contributed by atoms with Gasteiger partial charge in [0, 0.05) is 33.2 Å². The average molecular weight is 414 g/mol. The zero-order chi connectivity index (χ0) is 20.4. The predicted molar refractivity (Wildman–Crippen MR) is 109 cm³/mol. The molecule has 9 nitrogen and oxygen atoms in total. The molecule has 1 aliphatic heterocycles. The molecule has 0 saturated carbocycles. The van der Waals surface area contributed by atoms with Crippen molar-refractivity contribution in [2.75, 3.05) is 37.6 Å². The molecule has 0 bridgehead atoms. The number of nitrogens with one attached hydrogen (secondary N) is 1. The van der Waals surface area contributed by atoms with Crippen LogP contribution in [0.3, 0.4) is 0 Å². The normalized spacial score (nSPS) is 14.3. The van der Waals surface area contributed by atoms with Crippen LogP contribution in [0, 0.1) is 0 Å². The minimum absolute atomic E-state index is 0.0651. The van der Waals surface area contributed by atoms with E-state index in [9.17, 15) is 9.59 Å². The third kappa shape index (κ3) is 3.86. The summed E-state index contributed by atoms with van der Waals surface area (Å²) in [7, 11) is 1.84. The molecule has 0 atom stereocenters. The van der Waals surface area contributed by atoms with Crippen LogP contribution in [0.4, 0.5) is 5.82 Å². The number of aromatic nitrogens is 4. The molecule has 0 radical (unpaired) electrons. The summed E-state index contributed by atoms with van der Waals surface area (Å²) in [5.74, 6) is 0.337. The Labute approximate surface area is 172 Å². The lowest BCUT2D eigenvalue weighted by atomic mass is 10.2. The van der Waals surface area contributed by atoms with Crippen molar-refractivity contribution >= 4 is 40.3 Å². The van der Waals surface area contributed by atoms with Crippen LogP contribution < -0.4 is 10.2 Å². The van der Waals surface area contributed by atoms with E-state index in [4.69, 9.17) is 11.6 Å². The van der Waals surface area contributed by atoms with E-state index in [1.165, 1.54) is 6.33 Å². The molecule has 4 rings (SSSR count). The van der Waals surface area contributed by atoms with Crippen molar-refractivity contribution in [1.29, 1.82) is 0 Å². The summed E-state index contributed by atoms with van der Waals surface area (Å²) in [5.41, 5.74) is 1.13. The topological polar surface area (TPSA) is 96.2 Å². The SMILES string of the molecule is Cn1ncc2c(N3CCN(C(=O)CNC(=O)c4ccccc4Cl)CC3)ncnc21. The van der Waals surface area contributed by atoms with Crippen LogP contribution in [-0.2, 0) is 11.8 Å². The molecule has 29 heavy (non-hydrogen) atoms. The number of rotatable bonds is 4. The molecule has 1 saturated heterocycles. The molecule has 0 unspecified atom stereocenters. The third-order valence-corrected chi connectivity index (χ3v) is 5.29. The van der Waals surface area contributed by atoms with Crippen LogP contribution in [0.25, 0.3) is 11.0 Å². The number of benzene rings is 1. The summed E-state index contributed by atoms with van der Waals surface area (Å²) in [4.78, 5) is 37.2. The van der Waals surface area contributed by atoms with Crippen molar-refractivity contribution in [3.8, 4) is 0 Å². The summed E-state index contributed by atoms with van der Waals surface area (Å²) in [6.07, 6.45) is 3.29. The van der Waals surface area contributed by atoms with E-state index in [0.29, 0.717) is 36.8 Å². The van der Waals surface area contributed by atoms with Gasteiger partial charge in [-0.05, 0) is 12.1 Å². The van der Waals surface area contributed by atoms with Gasteiger partial charge < -0.3 is 15.1 Å². The van der Waals surface area contributed by atoms with E-state index in [0.717, 1.165) is 16.9 Å². The summed E-state index contributed by atoms with van der Waals surface area (Å²) in [6, 6.07) is 6.75. The number of aryl methyl sites for hydroxylation is 1. The van der Waals surface area contributed by atoms with Crippen LogP contribution in [0.1, 0.15) is 10.4 Å². The Hall–Kier alpha value is -3.20. The van der Waals surface area contributed by atoms with Gasteiger partial charge in [-0.1, -0.05) is 23.7 Å². The lowest BCUT2D eigenvalue weighted by Crippen LogP contribution is -2.51. The Balaban J connectivity index is 1.34. The third-order valence-electron chi connectivity index (χ3n) is 4.96. The number of carbonyl (C=O) groups is 2. The Morgan fingerprint density at radius 2 is 1.90 bits per heavy atom. The minimum Gasteiger partial charge on any atom is -0.352 e. The first-order valence-corrected chi connectivity index (χ1v) is 9.60. The van der Waals surface area contributed by atoms with E-state index in [1.807, 2.05) is 7.05 Å². The van der Waals surface area contributed by atoms with Gasteiger partial charge in [0.2, 0.25) is 5.91 Å². The summed E-state index contributed by atoms with van der Waals surface area (Å²) >= 11 is 6.02. The second-order valence-corrected chi connectivity index (χ2v) is 7.14. The molecule has 1 N–H and O–H groups in total. The average Bonchev–Trinajstić information content (AvgIpc) is 3.13. The highest BCUT2D eigenvalue weighted by Gasteiger charge is 2.24. The van der Waals surface area contributed by atoms with E-state index >= 15 is 0 Å². The Bertz CT molecular complexity index is 1060. The molecule has 1 aliphatic rings. The lowest BCUT2D eigenvalue weighted by molar-refractivity contribution is -0.130. The zero-order valence-corrected chi connectivity index (χ0v) is 16.6. The van der Waals surface area contributed by atoms with Gasteiger partial charge in [0.15, 0.2) is 5.65 Å². The molecular weight excluding hydrogens is 394 g/mol. The number of halogens is 1. The fraction of sp³-hybridized carbons (Fsp3) is 0.316. The molecule has 1 aromatic carbocycles. The molecule has 10 heteroatoms. The Morgan fingerprint density at radius 1 is 1.14 bits per heavy atom. The number of hydrogen-bond donors (Lipinski definition) is 1. The number of fused-ring (bicyclic) bond motifs is 1. The van der Waals surface area contributed by atoms with Crippen LogP contribution in [0.5, 0.6) is 0 Å². The highest BCUT2D eigenvalue weighted by molar-refractivity contribution is 6.33. The number of carbonyl (C=O) groups excluding carboxylic acids is 2. The van der Waals surface area contributed by atoms with E-state index in [-0.39, 0.29) is 18.4 Å². The number of hydrogen-bond acceptors (Lipinski definition) is 6. The van der Waals surface area contributed by atoms with Crippen LogP contribution in [0.2, 0.25) is 5.02 Å². The largest absolute Gasteiger partial charge is 0.352 e. The van der Waals surface area contributed by atoms with Crippen molar-refractivity contribution < 1.29 is 9.59 Å². The van der Waals surface area contributed by atoms with Crippen molar-refractivity contribution in [3.63, 3.8) is 0 Å². The van der Waals surface area contributed by atoms with E-state index in [2.05, 4.69) is 25.3 Å². The molecule has 3 heterocycles. The number of nitrogens with zero attached hydrogens (tertiary/aromatic N) is 6. The van der Waals surface area contributed by atoms with Gasteiger partial charge in [-0.15, -0.1) is 0 Å². The predicted octanol–water partition coefficient (Wildman–Crippen LogP) is 1.10. The lowest BCUT2D eigenvalue weighted by Gasteiger charge is -2.35. The molecular formula is C19H20ClN7O2. The number of piperazine rings is 1. The van der Waals surface area contributed by atoms with Gasteiger partial charge >= 0.3 is 0 Å². The quantitative estimate of drug-likeness (QED) is 0.688. The summed E-state index contributed by atoms with van der Waals surface area (Å²) in [6.45, 7) is 2.32. The second-order valence-electron chi connectivity index (χ2n) is 6.73. The molecule has 150 valence electrons. The fourth-order valence-corrected chi connectivity index (χ4v) is 3.60. The van der Waals surface area contributed by atoms with Crippen molar-refractivity contribution in [2.24, 2.45) is 7.05 Å². The molecule has 0 spiro atoms. The van der Waals surface area contributed by atoms with E-state index in [1.54, 1.807) is 40.0 Å². The van der Waals surface area contributed by atoms with Gasteiger partial charge in [-0.25, -0.2) is 9.97 Å². The zero-order valence-electron chi connectivity index (χ0n) is 15.9. The molecule has 2 amide bonds. The standard InChI is InChI=1S/C19H20ClN7O2/c1-25-17-14(10-24-25)18(23-12-22-17)27-8-6-26(7-9-27)16(28)11-21-19(29)13-4-2-3-5-15(13)20/h2-5,10,12H,6-9,11H2,1H3,(H,21,29). The highest BCUT2D eigenvalue weighted by Crippen LogP contribution is 2.23. The Morgan fingerprint density at radius 3 is 2.66 bits per heavy atom. The Kier molecular flexibility index (Phi) is 5.30. The molecule has 3 aromatic rings. The van der Waals surface area contributed by atoms with Gasteiger partial charge in [0.05, 0.1) is 28.7 Å². The van der Waals surface area contributed by atoms with Gasteiger partial charge in [0.25, 0.3) is 5.91 Å². The van der Waals surface area contributed by atoms with Crippen molar-refractivity contribution in [2.45, 2.75) is 0 Å². The van der Waals surface area contributed by atoms with Gasteiger partial charge in [-0.3, -0.25) is 14.3 Å². The maximum atomic E-state index is 12.5. The first-order valence-electron chi connectivity index (χ1n) is 9.23. The van der Waals surface area contributed by atoms with Crippen LogP contribution >= 0.6 is 11.6 Å². The van der Waals surface area contributed by atoms with Gasteiger partial charge in [0.1, 0.15) is 12.1 Å². The fourth-order valence-electron chi connectivity index (χ4n) is 3.38. The van der Waals surface area contributed by atoms with Gasteiger partial charge in [-0.2, -0.15) is 5.10 Å². The molecule has 2 aromatic heterocycles. The second kappa shape index (κ2) is 8.04. The smallest absolute Gasteiger partial charge is 0.253 e. The summed E-state index contributed by atoms with van der Waals surface area (Å²) < 4.78 is 1.71. The van der Waals surface area contributed by atoms with E-state index < -0.39 is 0 Å². The summed E-state index contributed by atoms with van der Waals surface area (Å²) in [5, 5.41) is 8.14. The minimum atomic E-state index is -0.359. The van der Waals surface area contributed by atoms with Crippen molar-refractivity contribution in [3.05, 3.63) is 47.4 Å². The highest BCUT2D eigenvalue weighted by atomic mass is 35.5. The first kappa shape index (κ1) is 19.1. The molecule has 0 aliphatic carbocycles. The molecule has 1 fully saturated rings. The number of anilines is 1. The maximum absolute atomic E-state index is 12.5. The number of amides is 2. The van der Waals surface area contributed by atoms with Crippen LogP contribution in [-0.4, -0.2) is 69.2 Å². The monoisotopic (exact) mass is 413 g/mol. The van der Waals surface area contributed by atoms with Crippen LogP contribution in [0.15, 0.2) is 36.8 Å². The van der Waals surface area contributed by atoms with Crippen molar-refractivity contribution in [1.82, 2.24) is 30.0 Å². The first-order chi connectivity index (χ1) is 14.0.